The Morgan fingerprint density at radius 2 is 1.69 bits per heavy atom. The fourth-order valence-corrected chi connectivity index (χ4v) is 3.22. The summed E-state index contributed by atoms with van der Waals surface area (Å²) in [5.74, 6) is 0.120. The summed E-state index contributed by atoms with van der Waals surface area (Å²) in [6, 6.07) is 17.9. The molecule has 3 aromatic rings. The summed E-state index contributed by atoms with van der Waals surface area (Å²) in [5, 5.41) is 0. The van der Waals surface area contributed by atoms with Crippen molar-refractivity contribution in [2.24, 2.45) is 0 Å². The molecule has 0 saturated carbocycles. The topological polar surface area (TPSA) is 55.3 Å². The van der Waals surface area contributed by atoms with Gasteiger partial charge in [-0.1, -0.05) is 48.5 Å². The van der Waals surface area contributed by atoms with Crippen LogP contribution in [0.1, 0.15) is 22.5 Å². The molecule has 2 heterocycles. The van der Waals surface area contributed by atoms with E-state index in [1.807, 2.05) is 42.5 Å². The van der Waals surface area contributed by atoms with Gasteiger partial charge in [0.2, 0.25) is 0 Å². The number of hydrogen-bond acceptors (Lipinski definition) is 5. The van der Waals surface area contributed by atoms with Crippen LogP contribution < -0.4 is 4.90 Å². The van der Waals surface area contributed by atoms with Gasteiger partial charge in [0.1, 0.15) is 0 Å². The summed E-state index contributed by atoms with van der Waals surface area (Å²) >= 11 is 0. The second-order valence-electron chi connectivity index (χ2n) is 6.17. The standard InChI is InChI=1S/C21H19N3O2/c1-26-21(25)19-20(23-18-10-6-5-9-17(18)22-19)24-13-11-16(12-14-24)15-7-3-2-4-8-15/h2-11H,12-14H2,1H3. The third-order valence-corrected chi connectivity index (χ3v) is 4.58. The number of anilines is 1. The highest BCUT2D eigenvalue weighted by atomic mass is 16.5. The number of para-hydroxylation sites is 2. The van der Waals surface area contributed by atoms with Gasteiger partial charge in [-0.05, 0) is 29.7 Å². The fraction of sp³-hybridized carbons (Fsp3) is 0.190. The van der Waals surface area contributed by atoms with Gasteiger partial charge < -0.3 is 9.64 Å². The molecule has 1 aliphatic heterocycles. The summed E-state index contributed by atoms with van der Waals surface area (Å²) in [4.78, 5) is 23.5. The zero-order valence-electron chi connectivity index (χ0n) is 14.6. The number of esters is 1. The molecule has 0 amide bonds. The molecule has 0 N–H and O–H groups in total. The van der Waals surface area contributed by atoms with Gasteiger partial charge in [-0.2, -0.15) is 0 Å². The van der Waals surface area contributed by atoms with Crippen LogP contribution in [0, 0.1) is 0 Å². The molecule has 4 rings (SSSR count). The number of carbonyl (C=O) groups is 1. The van der Waals surface area contributed by atoms with E-state index in [2.05, 4.69) is 28.1 Å². The average Bonchev–Trinajstić information content (AvgIpc) is 2.73. The highest BCUT2D eigenvalue weighted by Gasteiger charge is 2.23. The minimum absolute atomic E-state index is 0.266. The normalized spacial score (nSPS) is 14.2. The van der Waals surface area contributed by atoms with E-state index >= 15 is 0 Å². The van der Waals surface area contributed by atoms with Crippen molar-refractivity contribution in [3.63, 3.8) is 0 Å². The molecule has 130 valence electrons. The quantitative estimate of drug-likeness (QED) is 0.677. The average molecular weight is 345 g/mol. The lowest BCUT2D eigenvalue weighted by atomic mass is 9.99. The van der Waals surface area contributed by atoms with Gasteiger partial charge >= 0.3 is 5.97 Å². The first-order valence-corrected chi connectivity index (χ1v) is 8.61. The number of benzene rings is 2. The van der Waals surface area contributed by atoms with Gasteiger partial charge in [0.05, 0.1) is 18.1 Å². The molecule has 26 heavy (non-hydrogen) atoms. The van der Waals surface area contributed by atoms with Crippen LogP contribution in [0.25, 0.3) is 16.6 Å². The van der Waals surface area contributed by atoms with Gasteiger partial charge in [0, 0.05) is 13.1 Å². The van der Waals surface area contributed by atoms with Crippen molar-refractivity contribution in [2.45, 2.75) is 6.42 Å². The molecule has 0 fully saturated rings. The number of fused-ring (bicyclic) bond motifs is 1. The lowest BCUT2D eigenvalue weighted by Gasteiger charge is -2.28. The molecule has 0 saturated heterocycles. The van der Waals surface area contributed by atoms with E-state index in [0.29, 0.717) is 17.9 Å². The van der Waals surface area contributed by atoms with Gasteiger partial charge in [-0.3, -0.25) is 0 Å². The lowest BCUT2D eigenvalue weighted by molar-refractivity contribution is 0.0595. The minimum atomic E-state index is -0.462. The molecule has 0 unspecified atom stereocenters. The van der Waals surface area contributed by atoms with Crippen LogP contribution in [0.15, 0.2) is 60.7 Å². The number of hydrogen-bond donors (Lipinski definition) is 0. The van der Waals surface area contributed by atoms with E-state index in [1.165, 1.54) is 18.2 Å². The number of aromatic nitrogens is 2. The van der Waals surface area contributed by atoms with Crippen molar-refractivity contribution < 1.29 is 9.53 Å². The Labute approximate surface area is 152 Å². The van der Waals surface area contributed by atoms with E-state index in [4.69, 9.17) is 9.72 Å². The largest absolute Gasteiger partial charge is 0.464 e. The van der Waals surface area contributed by atoms with Crippen LogP contribution in [0.4, 0.5) is 5.82 Å². The summed E-state index contributed by atoms with van der Waals surface area (Å²) < 4.78 is 4.92. The zero-order valence-corrected chi connectivity index (χ0v) is 14.6. The summed E-state index contributed by atoms with van der Waals surface area (Å²) in [6.07, 6.45) is 3.08. The Morgan fingerprint density at radius 1 is 1.00 bits per heavy atom. The monoisotopic (exact) mass is 345 g/mol. The van der Waals surface area contributed by atoms with Crippen molar-refractivity contribution in [1.82, 2.24) is 9.97 Å². The molecule has 0 radical (unpaired) electrons. The van der Waals surface area contributed by atoms with Crippen molar-refractivity contribution in [2.75, 3.05) is 25.1 Å². The molecule has 2 aromatic carbocycles. The van der Waals surface area contributed by atoms with Gasteiger partial charge in [-0.25, -0.2) is 14.8 Å². The Balaban J connectivity index is 1.70. The first kappa shape index (κ1) is 16.3. The summed E-state index contributed by atoms with van der Waals surface area (Å²) in [5.41, 5.74) is 4.28. The summed E-state index contributed by atoms with van der Waals surface area (Å²) in [6.45, 7) is 1.46. The van der Waals surface area contributed by atoms with Crippen LogP contribution >= 0.6 is 0 Å². The van der Waals surface area contributed by atoms with E-state index in [-0.39, 0.29) is 5.69 Å². The SMILES string of the molecule is COC(=O)c1nc2ccccc2nc1N1CC=C(c2ccccc2)CC1. The summed E-state index contributed by atoms with van der Waals surface area (Å²) in [7, 11) is 1.37. The molecular weight excluding hydrogens is 326 g/mol. The Kier molecular flexibility index (Phi) is 4.35. The van der Waals surface area contributed by atoms with Crippen LogP contribution in [0.5, 0.6) is 0 Å². The lowest BCUT2D eigenvalue weighted by Crippen LogP contribution is -2.31. The smallest absolute Gasteiger partial charge is 0.360 e. The zero-order chi connectivity index (χ0) is 17.9. The maximum Gasteiger partial charge on any atom is 0.360 e. The molecule has 1 aliphatic rings. The number of carbonyl (C=O) groups excluding carboxylic acids is 1. The van der Waals surface area contributed by atoms with E-state index < -0.39 is 5.97 Å². The predicted molar refractivity (Wildman–Crippen MR) is 102 cm³/mol. The molecule has 0 spiro atoms. The maximum atomic E-state index is 12.2. The van der Waals surface area contributed by atoms with Crippen LogP contribution in [0.2, 0.25) is 0 Å². The molecule has 5 heteroatoms. The molecule has 1 aromatic heterocycles. The highest BCUT2D eigenvalue weighted by Crippen LogP contribution is 2.27. The number of nitrogens with zero attached hydrogens (tertiary/aromatic N) is 3. The molecular formula is C21H19N3O2. The van der Waals surface area contributed by atoms with Crippen molar-refractivity contribution in [3.05, 3.63) is 71.9 Å². The van der Waals surface area contributed by atoms with Gasteiger partial charge in [-0.15, -0.1) is 0 Å². The van der Waals surface area contributed by atoms with Gasteiger partial charge in [0.25, 0.3) is 0 Å². The number of methoxy groups -OCH3 is 1. The van der Waals surface area contributed by atoms with Crippen molar-refractivity contribution in [1.29, 1.82) is 0 Å². The molecule has 5 nitrogen and oxygen atoms in total. The molecule has 0 atom stereocenters. The van der Waals surface area contributed by atoms with E-state index in [0.717, 1.165) is 18.5 Å². The second kappa shape index (κ2) is 6.96. The van der Waals surface area contributed by atoms with Crippen LogP contribution in [-0.4, -0.2) is 36.1 Å². The number of rotatable bonds is 3. The van der Waals surface area contributed by atoms with Crippen molar-refractivity contribution in [3.8, 4) is 0 Å². The predicted octanol–water partition coefficient (Wildman–Crippen LogP) is 3.71. The Bertz CT molecular complexity index is 983. The van der Waals surface area contributed by atoms with Crippen LogP contribution in [0.3, 0.4) is 0 Å². The highest BCUT2D eigenvalue weighted by molar-refractivity contribution is 5.95. The first-order valence-electron chi connectivity index (χ1n) is 8.61. The molecule has 0 bridgehead atoms. The van der Waals surface area contributed by atoms with E-state index in [9.17, 15) is 4.79 Å². The fourth-order valence-electron chi connectivity index (χ4n) is 3.22. The minimum Gasteiger partial charge on any atom is -0.464 e. The Morgan fingerprint density at radius 3 is 2.35 bits per heavy atom. The maximum absolute atomic E-state index is 12.2. The Hall–Kier alpha value is -3.21. The third kappa shape index (κ3) is 3.04. The van der Waals surface area contributed by atoms with E-state index in [1.54, 1.807) is 0 Å². The third-order valence-electron chi connectivity index (χ3n) is 4.58. The number of ether oxygens (including phenoxy) is 1. The first-order chi connectivity index (χ1) is 12.8. The van der Waals surface area contributed by atoms with Gasteiger partial charge in [0.15, 0.2) is 11.5 Å². The van der Waals surface area contributed by atoms with Crippen LogP contribution in [-0.2, 0) is 4.74 Å². The molecule has 0 aliphatic carbocycles. The van der Waals surface area contributed by atoms with Crippen molar-refractivity contribution >= 4 is 28.4 Å². The second-order valence-corrected chi connectivity index (χ2v) is 6.17.